The minimum atomic E-state index is -3.66. The third kappa shape index (κ3) is 7.42. The van der Waals surface area contributed by atoms with E-state index in [2.05, 4.69) is 4.18 Å². The van der Waals surface area contributed by atoms with Crippen molar-refractivity contribution in [3.05, 3.63) is 48.5 Å². The van der Waals surface area contributed by atoms with Gasteiger partial charge in [-0.3, -0.25) is 4.18 Å². The van der Waals surface area contributed by atoms with Crippen LogP contribution in [-0.4, -0.2) is 33.3 Å². The van der Waals surface area contributed by atoms with Gasteiger partial charge in [0.2, 0.25) is 0 Å². The Hall–Kier alpha value is -1.74. The first kappa shape index (κ1) is 21.6. The Balaban J connectivity index is 1.55. The summed E-state index contributed by atoms with van der Waals surface area (Å²) >= 11 is 0.718. The molecule has 0 saturated carbocycles. The maximum atomic E-state index is 11.5. The van der Waals surface area contributed by atoms with E-state index in [4.69, 9.17) is 14.0 Å². The molecule has 0 aliphatic heterocycles. The van der Waals surface area contributed by atoms with Gasteiger partial charge in [0, 0.05) is 16.9 Å². The molecule has 0 spiro atoms. The largest absolute Gasteiger partial charge is 0.494 e. The van der Waals surface area contributed by atoms with Crippen molar-refractivity contribution in [2.24, 2.45) is 0 Å². The van der Waals surface area contributed by atoms with Crippen molar-refractivity contribution in [1.29, 1.82) is 0 Å². The van der Waals surface area contributed by atoms with Crippen molar-refractivity contribution in [1.82, 2.24) is 0 Å². The fourth-order valence-electron chi connectivity index (χ4n) is 2.33. The molecule has 8 heteroatoms. The Labute approximate surface area is 164 Å². The summed E-state index contributed by atoms with van der Waals surface area (Å²) in [6.07, 6.45) is 3.94. The molecule has 2 aromatic carbocycles. The minimum absolute atomic E-state index is 0.113. The quantitative estimate of drug-likeness (QED) is 0.310. The van der Waals surface area contributed by atoms with Crippen LogP contribution in [0.1, 0.15) is 25.7 Å². The van der Waals surface area contributed by atoms with Crippen LogP contribution in [0.15, 0.2) is 58.3 Å². The molecule has 0 heterocycles. The molecule has 0 aliphatic carbocycles. The fourth-order valence-corrected chi connectivity index (χ4v) is 3.25. The summed E-state index contributed by atoms with van der Waals surface area (Å²) in [6, 6.07) is 13.5. The van der Waals surface area contributed by atoms with Gasteiger partial charge in [-0.15, -0.1) is 0 Å². The molecule has 0 atom stereocenters. The summed E-state index contributed by atoms with van der Waals surface area (Å²) in [5.74, 6) is 1.44. The number of ether oxygens (including phenoxy) is 2. The second-order valence-corrected chi connectivity index (χ2v) is 8.13. The van der Waals surface area contributed by atoms with Crippen LogP contribution >= 0.6 is 12.0 Å². The highest BCUT2D eigenvalue weighted by atomic mass is 32.2. The average molecular weight is 413 g/mol. The molecule has 0 unspecified atom stereocenters. The molecule has 0 fully saturated rings. The van der Waals surface area contributed by atoms with Crippen LogP contribution in [0.2, 0.25) is 0 Å². The van der Waals surface area contributed by atoms with Gasteiger partial charge in [-0.25, -0.2) is 0 Å². The average Bonchev–Trinajstić information content (AvgIpc) is 2.70. The Morgan fingerprint density at radius 1 is 0.815 bits per heavy atom. The first-order chi connectivity index (χ1) is 13.0. The number of hydrogen-bond acceptors (Lipinski definition) is 7. The van der Waals surface area contributed by atoms with Gasteiger partial charge < -0.3 is 14.0 Å². The molecule has 27 heavy (non-hydrogen) atoms. The maximum absolute atomic E-state index is 11.5. The Bertz CT molecular complexity index is 773. The van der Waals surface area contributed by atoms with E-state index in [0.717, 1.165) is 55.5 Å². The van der Waals surface area contributed by atoms with E-state index >= 15 is 0 Å². The molecule has 2 aromatic rings. The van der Waals surface area contributed by atoms with Gasteiger partial charge in [0.05, 0.1) is 25.2 Å². The van der Waals surface area contributed by atoms with Crippen molar-refractivity contribution in [3.63, 3.8) is 0 Å². The predicted octanol–water partition coefficient (Wildman–Crippen LogP) is 4.61. The van der Waals surface area contributed by atoms with Gasteiger partial charge in [0.1, 0.15) is 11.5 Å². The molecule has 0 bridgehead atoms. The first-order valence-corrected chi connectivity index (χ1v) is 10.8. The Kier molecular flexibility index (Phi) is 8.93. The van der Waals surface area contributed by atoms with E-state index in [0.29, 0.717) is 19.0 Å². The lowest BCUT2D eigenvalue weighted by Crippen LogP contribution is -2.03. The molecule has 1 N–H and O–H groups in total. The van der Waals surface area contributed by atoms with Gasteiger partial charge in [0.15, 0.2) is 0 Å². The summed E-state index contributed by atoms with van der Waals surface area (Å²) in [5, 5.41) is 0. The van der Waals surface area contributed by atoms with Gasteiger partial charge in [0.25, 0.3) is 10.1 Å². The Morgan fingerprint density at radius 2 is 1.30 bits per heavy atom. The van der Waals surface area contributed by atoms with Crippen LogP contribution in [0, 0.1) is 0 Å². The van der Waals surface area contributed by atoms with Gasteiger partial charge in [-0.1, -0.05) is 0 Å². The van der Waals surface area contributed by atoms with Crippen LogP contribution in [0.5, 0.6) is 11.5 Å². The number of hydrogen-bond donors (Lipinski definition) is 1. The van der Waals surface area contributed by atoms with E-state index in [1.807, 2.05) is 24.3 Å². The zero-order valence-corrected chi connectivity index (χ0v) is 16.8. The van der Waals surface area contributed by atoms with Crippen LogP contribution in [0.25, 0.3) is 0 Å². The van der Waals surface area contributed by atoms with E-state index in [-0.39, 0.29) is 4.90 Å². The lowest BCUT2D eigenvalue weighted by atomic mass is 10.2. The normalized spacial score (nSPS) is 11.3. The molecule has 0 radical (unpaired) electrons. The molecule has 0 amide bonds. The zero-order chi connectivity index (χ0) is 19.5. The van der Waals surface area contributed by atoms with Gasteiger partial charge in [-0.05, 0) is 74.2 Å². The SMILES string of the molecule is COS(=O)(=O)c1ccc(OCCCCCCOc2ccc(SO)cc2)cc1. The summed E-state index contributed by atoms with van der Waals surface area (Å²) < 4.78 is 47.7. The van der Waals surface area contributed by atoms with Gasteiger partial charge >= 0.3 is 0 Å². The highest BCUT2D eigenvalue weighted by Crippen LogP contribution is 2.19. The lowest BCUT2D eigenvalue weighted by Gasteiger charge is -2.08. The minimum Gasteiger partial charge on any atom is -0.494 e. The molecule has 148 valence electrons. The van der Waals surface area contributed by atoms with Crippen LogP contribution < -0.4 is 9.47 Å². The maximum Gasteiger partial charge on any atom is 0.296 e. The zero-order valence-electron chi connectivity index (χ0n) is 15.2. The first-order valence-electron chi connectivity index (χ1n) is 8.63. The third-order valence-corrected chi connectivity index (χ3v) is 5.61. The summed E-state index contributed by atoms with van der Waals surface area (Å²) in [5.41, 5.74) is 0. The van der Waals surface area contributed by atoms with Gasteiger partial charge in [-0.2, -0.15) is 8.42 Å². The summed E-state index contributed by atoms with van der Waals surface area (Å²) in [4.78, 5) is 0.902. The molecule has 0 saturated heterocycles. The smallest absolute Gasteiger partial charge is 0.296 e. The van der Waals surface area contributed by atoms with Crippen molar-refractivity contribution in [2.75, 3.05) is 20.3 Å². The topological polar surface area (TPSA) is 82.1 Å². The predicted molar refractivity (Wildman–Crippen MR) is 105 cm³/mol. The van der Waals surface area contributed by atoms with Crippen LogP contribution in [0.4, 0.5) is 0 Å². The van der Waals surface area contributed by atoms with Crippen LogP contribution in [-0.2, 0) is 14.3 Å². The third-order valence-electron chi connectivity index (χ3n) is 3.84. The van der Waals surface area contributed by atoms with Crippen molar-refractivity contribution >= 4 is 22.2 Å². The molecule has 6 nitrogen and oxygen atoms in total. The molecule has 0 aromatic heterocycles. The highest BCUT2D eigenvalue weighted by Gasteiger charge is 2.12. The molecular weight excluding hydrogens is 388 g/mol. The monoisotopic (exact) mass is 412 g/mol. The summed E-state index contributed by atoms with van der Waals surface area (Å²) in [6.45, 7) is 1.24. The lowest BCUT2D eigenvalue weighted by molar-refractivity contribution is 0.287. The number of benzene rings is 2. The number of rotatable bonds is 12. The standard InChI is InChI=1S/C19H24O6S2/c1-23-27(21,22)19-12-8-17(9-13-19)25-15-5-3-2-4-14-24-16-6-10-18(26-20)11-7-16/h6-13,20H,2-5,14-15H2,1H3. The molecular formula is C19H24O6S2. The van der Waals surface area contributed by atoms with Crippen molar-refractivity contribution in [3.8, 4) is 11.5 Å². The Morgan fingerprint density at radius 3 is 1.74 bits per heavy atom. The molecule has 2 rings (SSSR count). The highest BCUT2D eigenvalue weighted by molar-refractivity contribution is 7.93. The second-order valence-electron chi connectivity index (χ2n) is 5.77. The summed E-state index contributed by atoms with van der Waals surface area (Å²) in [7, 11) is -2.52. The van der Waals surface area contributed by atoms with E-state index in [9.17, 15) is 8.42 Å². The van der Waals surface area contributed by atoms with Crippen LogP contribution in [0.3, 0.4) is 0 Å². The fraction of sp³-hybridized carbons (Fsp3) is 0.368. The molecule has 0 aliphatic rings. The van der Waals surface area contributed by atoms with Crippen molar-refractivity contribution in [2.45, 2.75) is 35.5 Å². The van der Waals surface area contributed by atoms with E-state index in [1.165, 1.54) is 12.1 Å². The second kappa shape index (κ2) is 11.2. The van der Waals surface area contributed by atoms with Crippen molar-refractivity contribution < 1.29 is 26.6 Å². The van der Waals surface area contributed by atoms with E-state index in [1.54, 1.807) is 12.1 Å². The van der Waals surface area contributed by atoms with E-state index < -0.39 is 10.1 Å². The number of unbranched alkanes of at least 4 members (excludes halogenated alkanes) is 3.